The van der Waals surface area contributed by atoms with E-state index in [0.717, 1.165) is 15.2 Å². The quantitative estimate of drug-likeness (QED) is 0.921. The molecule has 96 valence electrons. The lowest BCUT2D eigenvalue weighted by molar-refractivity contribution is 0.546. The molecule has 18 heavy (non-hydrogen) atoms. The average Bonchev–Trinajstić information content (AvgIpc) is 2.77. The van der Waals surface area contributed by atoms with Gasteiger partial charge in [0.25, 0.3) is 0 Å². The van der Waals surface area contributed by atoms with Crippen LogP contribution in [0.4, 0.5) is 4.39 Å². The molecule has 0 saturated carbocycles. The highest BCUT2D eigenvalue weighted by atomic mass is 79.9. The first-order valence-electron chi connectivity index (χ1n) is 5.63. The first-order valence-corrected chi connectivity index (χ1v) is 7.30. The summed E-state index contributed by atoms with van der Waals surface area (Å²) in [6.07, 6.45) is 0.588. The van der Waals surface area contributed by atoms with Crippen LogP contribution in [0.3, 0.4) is 0 Å². The first-order chi connectivity index (χ1) is 8.60. The maximum atomic E-state index is 13.7. The summed E-state index contributed by atoms with van der Waals surface area (Å²) in [6.45, 7) is 1.97. The number of likely N-dealkylation sites (N-methyl/N-ethyl adjacent to an activating group) is 1. The number of aryl methyl sites for hydroxylation is 1. The van der Waals surface area contributed by atoms with Crippen molar-refractivity contribution in [2.45, 2.75) is 19.4 Å². The molecule has 2 nitrogen and oxygen atoms in total. The van der Waals surface area contributed by atoms with E-state index in [1.807, 2.05) is 25.4 Å². The van der Waals surface area contributed by atoms with Crippen LogP contribution in [0.2, 0.25) is 0 Å². The van der Waals surface area contributed by atoms with Gasteiger partial charge in [-0.1, -0.05) is 15.9 Å². The van der Waals surface area contributed by atoms with Crippen molar-refractivity contribution < 1.29 is 4.39 Å². The molecule has 1 aromatic heterocycles. The van der Waals surface area contributed by atoms with Gasteiger partial charge in [0.1, 0.15) is 5.82 Å². The molecule has 0 spiro atoms. The fraction of sp³-hybridized carbons (Fsp3) is 0.308. The molecule has 0 fully saturated rings. The predicted molar refractivity (Wildman–Crippen MR) is 76.5 cm³/mol. The fourth-order valence-electron chi connectivity index (χ4n) is 1.81. The fourth-order valence-corrected chi connectivity index (χ4v) is 2.89. The molecule has 0 aliphatic rings. The zero-order chi connectivity index (χ0) is 13.1. The number of hydrogen-bond donors (Lipinski definition) is 1. The molecule has 0 aliphatic heterocycles. The van der Waals surface area contributed by atoms with Crippen molar-refractivity contribution in [1.82, 2.24) is 10.3 Å². The number of rotatable bonds is 4. The Kier molecular flexibility index (Phi) is 4.48. The minimum absolute atomic E-state index is 0.0405. The second-order valence-electron chi connectivity index (χ2n) is 4.07. The zero-order valence-corrected chi connectivity index (χ0v) is 12.6. The van der Waals surface area contributed by atoms with Gasteiger partial charge in [-0.2, -0.15) is 0 Å². The van der Waals surface area contributed by atoms with Crippen molar-refractivity contribution in [2.75, 3.05) is 7.05 Å². The van der Waals surface area contributed by atoms with Gasteiger partial charge in [-0.25, -0.2) is 9.37 Å². The Hall–Kier alpha value is -0.780. The largest absolute Gasteiger partial charge is 0.311 e. The summed E-state index contributed by atoms with van der Waals surface area (Å²) < 4.78 is 14.6. The summed E-state index contributed by atoms with van der Waals surface area (Å²) >= 11 is 4.98. The molecular formula is C13H14BrFN2S. The minimum Gasteiger partial charge on any atom is -0.311 e. The van der Waals surface area contributed by atoms with Crippen LogP contribution in [-0.2, 0) is 6.42 Å². The van der Waals surface area contributed by atoms with Crippen molar-refractivity contribution >= 4 is 27.3 Å². The Labute approximate surface area is 118 Å². The van der Waals surface area contributed by atoms with E-state index >= 15 is 0 Å². The second-order valence-corrected chi connectivity index (χ2v) is 6.05. The normalized spacial score (nSPS) is 12.7. The summed E-state index contributed by atoms with van der Waals surface area (Å²) in [4.78, 5) is 4.45. The van der Waals surface area contributed by atoms with Crippen LogP contribution in [0, 0.1) is 12.7 Å². The monoisotopic (exact) mass is 328 g/mol. The van der Waals surface area contributed by atoms with Crippen molar-refractivity contribution in [3.05, 3.63) is 50.1 Å². The molecule has 1 N–H and O–H groups in total. The third-order valence-electron chi connectivity index (χ3n) is 2.77. The molecule has 1 atom stereocenters. The Balaban J connectivity index is 2.22. The van der Waals surface area contributed by atoms with Crippen LogP contribution in [0.1, 0.15) is 22.3 Å². The van der Waals surface area contributed by atoms with Crippen LogP contribution in [0.15, 0.2) is 28.1 Å². The molecule has 1 heterocycles. The van der Waals surface area contributed by atoms with Gasteiger partial charge in [-0.05, 0) is 44.2 Å². The summed E-state index contributed by atoms with van der Waals surface area (Å²) in [7, 11) is 1.87. The van der Waals surface area contributed by atoms with E-state index in [9.17, 15) is 4.39 Å². The first kappa shape index (κ1) is 13.6. The predicted octanol–water partition coefficient (Wildman–Crippen LogP) is 3.86. The van der Waals surface area contributed by atoms with Gasteiger partial charge < -0.3 is 5.32 Å². The lowest BCUT2D eigenvalue weighted by atomic mass is 10.0. The standard InChI is InChI=1S/C13H14BrFN2S/c1-8-17-13(7-18-8)12(16-2)6-9-5-10(14)3-4-11(9)15/h3-5,7,12,16H,6H2,1-2H3. The molecule has 2 aromatic rings. The molecule has 0 bridgehead atoms. The third kappa shape index (κ3) is 3.16. The van der Waals surface area contributed by atoms with Gasteiger partial charge in [0.15, 0.2) is 0 Å². The summed E-state index contributed by atoms with van der Waals surface area (Å²) in [5.41, 5.74) is 1.66. The van der Waals surface area contributed by atoms with E-state index in [-0.39, 0.29) is 11.9 Å². The SMILES string of the molecule is CNC(Cc1cc(Br)ccc1F)c1csc(C)n1. The number of hydrogen-bond acceptors (Lipinski definition) is 3. The van der Waals surface area contributed by atoms with E-state index in [2.05, 4.69) is 26.2 Å². The van der Waals surface area contributed by atoms with Crippen molar-refractivity contribution in [3.63, 3.8) is 0 Å². The third-order valence-corrected chi connectivity index (χ3v) is 4.06. The van der Waals surface area contributed by atoms with Crippen LogP contribution in [0.5, 0.6) is 0 Å². The summed E-state index contributed by atoms with van der Waals surface area (Å²) in [5.74, 6) is -0.176. The van der Waals surface area contributed by atoms with E-state index < -0.39 is 0 Å². The smallest absolute Gasteiger partial charge is 0.126 e. The highest BCUT2D eigenvalue weighted by Crippen LogP contribution is 2.23. The van der Waals surface area contributed by atoms with Gasteiger partial charge in [-0.15, -0.1) is 11.3 Å². The Morgan fingerprint density at radius 2 is 2.28 bits per heavy atom. The Morgan fingerprint density at radius 3 is 2.89 bits per heavy atom. The molecule has 2 rings (SSSR count). The van der Waals surface area contributed by atoms with E-state index in [4.69, 9.17) is 0 Å². The average molecular weight is 329 g/mol. The van der Waals surface area contributed by atoms with Crippen LogP contribution in [0.25, 0.3) is 0 Å². The van der Waals surface area contributed by atoms with Crippen molar-refractivity contribution in [1.29, 1.82) is 0 Å². The topological polar surface area (TPSA) is 24.9 Å². The maximum absolute atomic E-state index is 13.7. The van der Waals surface area contributed by atoms with Gasteiger partial charge in [0.05, 0.1) is 16.7 Å². The molecule has 1 aromatic carbocycles. The van der Waals surface area contributed by atoms with Gasteiger partial charge in [0.2, 0.25) is 0 Å². The van der Waals surface area contributed by atoms with Gasteiger partial charge in [-0.3, -0.25) is 0 Å². The maximum Gasteiger partial charge on any atom is 0.126 e. The van der Waals surface area contributed by atoms with Crippen molar-refractivity contribution in [2.24, 2.45) is 0 Å². The molecule has 0 amide bonds. The van der Waals surface area contributed by atoms with E-state index in [1.165, 1.54) is 6.07 Å². The number of aromatic nitrogens is 1. The van der Waals surface area contributed by atoms with E-state index in [1.54, 1.807) is 17.4 Å². The summed E-state index contributed by atoms with van der Waals surface area (Å²) in [5, 5.41) is 6.24. The minimum atomic E-state index is -0.176. The molecule has 1 unspecified atom stereocenters. The number of benzene rings is 1. The molecule has 0 saturated heterocycles. The van der Waals surface area contributed by atoms with E-state index in [0.29, 0.717) is 12.0 Å². The van der Waals surface area contributed by atoms with Crippen LogP contribution < -0.4 is 5.32 Å². The van der Waals surface area contributed by atoms with Crippen LogP contribution in [-0.4, -0.2) is 12.0 Å². The summed E-state index contributed by atoms with van der Waals surface area (Å²) in [6, 6.07) is 5.05. The highest BCUT2D eigenvalue weighted by Gasteiger charge is 2.15. The van der Waals surface area contributed by atoms with Gasteiger partial charge in [0, 0.05) is 9.85 Å². The van der Waals surface area contributed by atoms with Crippen LogP contribution >= 0.6 is 27.3 Å². The molecular weight excluding hydrogens is 315 g/mol. The Bertz CT molecular complexity index is 542. The number of nitrogens with zero attached hydrogens (tertiary/aromatic N) is 1. The van der Waals surface area contributed by atoms with Crippen molar-refractivity contribution in [3.8, 4) is 0 Å². The lowest BCUT2D eigenvalue weighted by Gasteiger charge is -2.14. The number of halogens is 2. The second kappa shape index (κ2) is 5.91. The highest BCUT2D eigenvalue weighted by molar-refractivity contribution is 9.10. The van der Waals surface area contributed by atoms with Gasteiger partial charge >= 0.3 is 0 Å². The number of nitrogens with one attached hydrogen (secondary N) is 1. The molecule has 0 aliphatic carbocycles. The molecule has 5 heteroatoms. The zero-order valence-electron chi connectivity index (χ0n) is 10.2. The number of thiazole rings is 1. The lowest BCUT2D eigenvalue weighted by Crippen LogP contribution is -2.19. The molecule has 0 radical (unpaired) electrons. The Morgan fingerprint density at radius 1 is 1.50 bits per heavy atom.